The number of aliphatic carboxylic acids is 1. The largest absolute Gasteiger partial charge is 0.480 e. The maximum Gasteiger partial charge on any atom is 0.324 e. The zero-order valence-corrected chi connectivity index (χ0v) is 14.3. The number of carboxylic acid groups (broad SMARTS) is 1. The first-order chi connectivity index (χ1) is 12.5. The van der Waals surface area contributed by atoms with Crippen molar-refractivity contribution >= 4 is 40.6 Å². The van der Waals surface area contributed by atoms with E-state index in [2.05, 4.69) is 9.98 Å². The number of aliphatic imine (C=N–C) groups is 2. The number of hydrazine groups is 1. The first-order valence-corrected chi connectivity index (χ1v) is 8.09. The summed E-state index contributed by atoms with van der Waals surface area (Å²) in [7, 11) is 0. The second-order valence-corrected chi connectivity index (χ2v) is 6.01. The van der Waals surface area contributed by atoms with Gasteiger partial charge in [-0.1, -0.05) is 41.9 Å². The molecule has 7 nitrogen and oxygen atoms in total. The van der Waals surface area contributed by atoms with Crippen molar-refractivity contribution in [3.63, 3.8) is 0 Å². The Kier molecular flexibility index (Phi) is 5.11. The number of halogens is 1. The van der Waals surface area contributed by atoms with Crippen LogP contribution in [-0.2, 0) is 9.59 Å². The van der Waals surface area contributed by atoms with Gasteiger partial charge in [0.05, 0.1) is 17.9 Å². The summed E-state index contributed by atoms with van der Waals surface area (Å²) in [5.74, 6) is 3.64. The number of nitrogens with two attached hydrogens (primary N) is 1. The van der Waals surface area contributed by atoms with Gasteiger partial charge in [0.15, 0.2) is 0 Å². The summed E-state index contributed by atoms with van der Waals surface area (Å²) < 4.78 is 0. The van der Waals surface area contributed by atoms with E-state index in [-0.39, 0.29) is 12.3 Å². The zero-order chi connectivity index (χ0) is 18.7. The smallest absolute Gasteiger partial charge is 0.324 e. The summed E-state index contributed by atoms with van der Waals surface area (Å²) in [6.45, 7) is -0.650. The lowest BCUT2D eigenvalue weighted by atomic mass is 10.0. The van der Waals surface area contributed by atoms with Crippen molar-refractivity contribution in [2.45, 2.75) is 0 Å². The Morgan fingerprint density at radius 1 is 1.19 bits per heavy atom. The van der Waals surface area contributed by atoms with Crippen molar-refractivity contribution in [3.8, 4) is 0 Å². The Morgan fingerprint density at radius 2 is 1.92 bits per heavy atom. The molecule has 0 aliphatic carbocycles. The number of carbonyl (C=O) groups excluding carboxylic acids is 1. The minimum absolute atomic E-state index is 0.0251. The average molecular weight is 371 g/mol. The molecule has 2 aromatic carbocycles. The molecule has 8 heteroatoms. The Bertz CT molecular complexity index is 925. The van der Waals surface area contributed by atoms with Gasteiger partial charge in [0.1, 0.15) is 12.3 Å². The van der Waals surface area contributed by atoms with Gasteiger partial charge in [0.25, 0.3) is 5.91 Å². The molecular weight excluding hydrogens is 356 g/mol. The number of hydrogen-bond acceptors (Lipinski definition) is 5. The molecule has 1 heterocycles. The van der Waals surface area contributed by atoms with Gasteiger partial charge in [-0.3, -0.25) is 19.6 Å². The molecule has 3 N–H and O–H groups in total. The lowest BCUT2D eigenvalue weighted by molar-refractivity contribution is -0.142. The molecule has 1 aliphatic heterocycles. The molecule has 0 radical (unpaired) electrons. The van der Waals surface area contributed by atoms with Gasteiger partial charge in [-0.05, 0) is 18.2 Å². The van der Waals surface area contributed by atoms with Crippen LogP contribution >= 0.6 is 11.6 Å². The number of carboxylic acids is 1. The Morgan fingerprint density at radius 3 is 2.62 bits per heavy atom. The van der Waals surface area contributed by atoms with E-state index in [0.717, 1.165) is 5.56 Å². The van der Waals surface area contributed by atoms with Crippen LogP contribution in [-0.4, -0.2) is 46.5 Å². The predicted octanol–water partition coefficient (Wildman–Crippen LogP) is 2.05. The van der Waals surface area contributed by atoms with Gasteiger partial charge < -0.3 is 5.11 Å². The molecule has 3 rings (SSSR count). The van der Waals surface area contributed by atoms with E-state index >= 15 is 0 Å². The molecular formula is C18H15ClN4O3. The van der Waals surface area contributed by atoms with Crippen molar-refractivity contribution in [1.82, 2.24) is 5.01 Å². The first kappa shape index (κ1) is 17.8. The minimum Gasteiger partial charge on any atom is -0.480 e. The number of fused-ring (bicyclic) bond motifs is 1. The maximum absolute atomic E-state index is 12.4. The van der Waals surface area contributed by atoms with Gasteiger partial charge in [0, 0.05) is 16.1 Å². The van der Waals surface area contributed by atoms with Crippen LogP contribution in [0.15, 0.2) is 58.5 Å². The van der Waals surface area contributed by atoms with E-state index in [1.165, 1.54) is 0 Å². The highest BCUT2D eigenvalue weighted by atomic mass is 35.5. The fourth-order valence-electron chi connectivity index (χ4n) is 2.56. The fourth-order valence-corrected chi connectivity index (χ4v) is 2.73. The van der Waals surface area contributed by atoms with Crippen LogP contribution in [0.3, 0.4) is 0 Å². The van der Waals surface area contributed by atoms with Gasteiger partial charge in [-0.2, -0.15) is 0 Å². The molecule has 132 valence electrons. The molecule has 0 unspecified atom stereocenters. The molecule has 0 spiro atoms. The van der Waals surface area contributed by atoms with E-state index in [1.54, 1.807) is 18.2 Å². The van der Waals surface area contributed by atoms with Crippen LogP contribution in [0, 0.1) is 0 Å². The summed E-state index contributed by atoms with van der Waals surface area (Å²) in [6, 6.07) is 14.5. The summed E-state index contributed by atoms with van der Waals surface area (Å²) >= 11 is 6.13. The third-order valence-electron chi connectivity index (χ3n) is 3.72. The van der Waals surface area contributed by atoms with Gasteiger partial charge in [-0.25, -0.2) is 10.8 Å². The number of hydrogen-bond donors (Lipinski definition) is 2. The minimum atomic E-state index is -1.21. The highest BCUT2D eigenvalue weighted by Crippen LogP contribution is 2.28. The van der Waals surface area contributed by atoms with Crippen LogP contribution in [0.4, 0.5) is 5.69 Å². The lowest BCUT2D eigenvalue weighted by Crippen LogP contribution is -2.45. The third kappa shape index (κ3) is 3.79. The molecule has 0 fully saturated rings. The SMILES string of the molecule is NN(CC(=O)O)C(=O)C1=Nc2ccc(Cl)cc2C(c2ccccc2)=NC1. The van der Waals surface area contributed by atoms with Crippen molar-refractivity contribution in [2.75, 3.05) is 13.1 Å². The lowest BCUT2D eigenvalue weighted by Gasteiger charge is -2.14. The van der Waals surface area contributed by atoms with E-state index < -0.39 is 18.4 Å². The standard InChI is InChI=1S/C18H15ClN4O3/c19-12-6-7-14-13(8-12)17(11-4-2-1-3-5-11)21-9-15(22-14)18(26)23(20)10-16(24)25/h1-8H,9-10,20H2,(H,24,25). The number of rotatable bonds is 4. The summed E-state index contributed by atoms with van der Waals surface area (Å²) in [4.78, 5) is 32.1. The van der Waals surface area contributed by atoms with Gasteiger partial charge in [-0.15, -0.1) is 0 Å². The molecule has 0 saturated heterocycles. The van der Waals surface area contributed by atoms with Crippen LogP contribution in [0.5, 0.6) is 0 Å². The second kappa shape index (κ2) is 7.47. The van der Waals surface area contributed by atoms with Crippen molar-refractivity contribution < 1.29 is 14.7 Å². The monoisotopic (exact) mass is 370 g/mol. The van der Waals surface area contributed by atoms with Crippen molar-refractivity contribution in [3.05, 3.63) is 64.7 Å². The quantitative estimate of drug-likeness (QED) is 0.487. The molecule has 0 aromatic heterocycles. The third-order valence-corrected chi connectivity index (χ3v) is 3.95. The Hall–Kier alpha value is -3.03. The van der Waals surface area contributed by atoms with Crippen LogP contribution in [0.25, 0.3) is 0 Å². The molecule has 1 amide bonds. The molecule has 0 saturated carbocycles. The van der Waals surface area contributed by atoms with Crippen molar-refractivity contribution in [1.29, 1.82) is 0 Å². The molecule has 26 heavy (non-hydrogen) atoms. The normalized spacial score (nSPS) is 13.2. The number of carbonyl (C=O) groups is 2. The van der Waals surface area contributed by atoms with Crippen LogP contribution < -0.4 is 5.84 Å². The highest BCUT2D eigenvalue weighted by Gasteiger charge is 2.23. The number of benzene rings is 2. The molecule has 1 aliphatic rings. The highest BCUT2D eigenvalue weighted by molar-refractivity contribution is 6.41. The van der Waals surface area contributed by atoms with Gasteiger partial charge in [0.2, 0.25) is 0 Å². The fraction of sp³-hybridized carbons (Fsp3) is 0.111. The first-order valence-electron chi connectivity index (χ1n) is 7.71. The predicted molar refractivity (Wildman–Crippen MR) is 99.0 cm³/mol. The molecule has 0 atom stereocenters. The number of nitrogens with zero attached hydrogens (tertiary/aromatic N) is 3. The average Bonchev–Trinajstić information content (AvgIpc) is 2.80. The van der Waals surface area contributed by atoms with E-state index in [0.29, 0.717) is 27.0 Å². The summed E-state index contributed by atoms with van der Waals surface area (Å²) in [5, 5.41) is 9.94. The summed E-state index contributed by atoms with van der Waals surface area (Å²) in [6.07, 6.45) is 0. The molecule has 2 aromatic rings. The number of amides is 1. The Balaban J connectivity index is 2.05. The second-order valence-electron chi connectivity index (χ2n) is 5.58. The maximum atomic E-state index is 12.4. The van der Waals surface area contributed by atoms with E-state index in [4.69, 9.17) is 22.6 Å². The summed E-state index contributed by atoms with van der Waals surface area (Å²) in [5.41, 5.74) is 2.77. The Labute approximate surface area is 154 Å². The van der Waals surface area contributed by atoms with Gasteiger partial charge >= 0.3 is 5.97 Å². The van der Waals surface area contributed by atoms with Crippen molar-refractivity contribution in [2.24, 2.45) is 15.8 Å². The van der Waals surface area contributed by atoms with E-state index in [9.17, 15) is 9.59 Å². The molecule has 0 bridgehead atoms. The topological polar surface area (TPSA) is 108 Å². The van der Waals surface area contributed by atoms with Crippen LogP contribution in [0.2, 0.25) is 5.02 Å². The van der Waals surface area contributed by atoms with Crippen LogP contribution in [0.1, 0.15) is 11.1 Å². The van der Waals surface area contributed by atoms with E-state index in [1.807, 2.05) is 30.3 Å². The zero-order valence-electron chi connectivity index (χ0n) is 13.6.